The SMILES string of the molecule is CCCN(CCC(C)O)C(C)(C)CN. The molecule has 3 nitrogen and oxygen atoms in total. The molecule has 0 radical (unpaired) electrons. The summed E-state index contributed by atoms with van der Waals surface area (Å²) in [4.78, 5) is 2.36. The molecule has 0 rings (SSSR count). The lowest BCUT2D eigenvalue weighted by Gasteiger charge is -2.38. The first kappa shape index (κ1) is 13.9. The molecule has 0 aromatic carbocycles. The van der Waals surface area contributed by atoms with Gasteiger partial charge in [-0.15, -0.1) is 0 Å². The summed E-state index contributed by atoms with van der Waals surface area (Å²) in [5.74, 6) is 0. The molecule has 0 amide bonds. The minimum atomic E-state index is -0.220. The molecule has 0 fully saturated rings. The van der Waals surface area contributed by atoms with Gasteiger partial charge in [0.2, 0.25) is 0 Å². The Morgan fingerprint density at radius 2 is 1.93 bits per heavy atom. The van der Waals surface area contributed by atoms with Crippen LogP contribution in [0.3, 0.4) is 0 Å². The van der Waals surface area contributed by atoms with Crippen molar-refractivity contribution in [2.75, 3.05) is 19.6 Å². The molecule has 3 heteroatoms. The van der Waals surface area contributed by atoms with Gasteiger partial charge in [0.1, 0.15) is 0 Å². The molecule has 3 N–H and O–H groups in total. The van der Waals surface area contributed by atoms with Crippen LogP contribution in [0.2, 0.25) is 0 Å². The highest BCUT2D eigenvalue weighted by Crippen LogP contribution is 2.14. The van der Waals surface area contributed by atoms with E-state index in [9.17, 15) is 5.11 Å². The first-order valence-electron chi connectivity index (χ1n) is 5.57. The lowest BCUT2D eigenvalue weighted by Crippen LogP contribution is -2.50. The number of hydrogen-bond donors (Lipinski definition) is 2. The van der Waals surface area contributed by atoms with Gasteiger partial charge in [-0.25, -0.2) is 0 Å². The van der Waals surface area contributed by atoms with Crippen molar-refractivity contribution >= 4 is 0 Å². The Balaban J connectivity index is 4.13. The lowest BCUT2D eigenvalue weighted by molar-refractivity contribution is 0.0956. The van der Waals surface area contributed by atoms with Crippen LogP contribution in [-0.4, -0.2) is 41.3 Å². The fourth-order valence-electron chi connectivity index (χ4n) is 1.46. The van der Waals surface area contributed by atoms with Crippen LogP contribution < -0.4 is 5.73 Å². The molecule has 0 heterocycles. The predicted octanol–water partition coefficient (Wildman–Crippen LogP) is 1.21. The van der Waals surface area contributed by atoms with E-state index in [1.807, 2.05) is 6.92 Å². The first-order chi connectivity index (χ1) is 6.44. The van der Waals surface area contributed by atoms with Crippen LogP contribution in [-0.2, 0) is 0 Å². The molecule has 0 spiro atoms. The second-order valence-corrected chi connectivity index (χ2v) is 4.64. The average Bonchev–Trinajstić information content (AvgIpc) is 2.11. The summed E-state index contributed by atoms with van der Waals surface area (Å²) < 4.78 is 0. The van der Waals surface area contributed by atoms with E-state index in [1.165, 1.54) is 0 Å². The second kappa shape index (κ2) is 6.38. The van der Waals surface area contributed by atoms with E-state index in [4.69, 9.17) is 5.73 Å². The van der Waals surface area contributed by atoms with Crippen LogP contribution >= 0.6 is 0 Å². The molecular weight excluding hydrogens is 176 g/mol. The minimum Gasteiger partial charge on any atom is -0.393 e. The summed E-state index contributed by atoms with van der Waals surface area (Å²) in [6.45, 7) is 11.0. The van der Waals surface area contributed by atoms with Gasteiger partial charge in [0.15, 0.2) is 0 Å². The molecule has 0 aromatic rings. The normalized spacial score (nSPS) is 14.8. The van der Waals surface area contributed by atoms with Crippen molar-refractivity contribution in [1.29, 1.82) is 0 Å². The van der Waals surface area contributed by atoms with E-state index in [2.05, 4.69) is 25.7 Å². The van der Waals surface area contributed by atoms with Crippen LogP contribution in [0.5, 0.6) is 0 Å². The number of nitrogens with zero attached hydrogens (tertiary/aromatic N) is 1. The first-order valence-corrected chi connectivity index (χ1v) is 5.57. The summed E-state index contributed by atoms with van der Waals surface area (Å²) in [5, 5.41) is 9.25. The van der Waals surface area contributed by atoms with Crippen molar-refractivity contribution in [3.8, 4) is 0 Å². The summed E-state index contributed by atoms with van der Waals surface area (Å²) in [7, 11) is 0. The van der Waals surface area contributed by atoms with Crippen LogP contribution in [0.1, 0.15) is 40.5 Å². The van der Waals surface area contributed by atoms with Crippen LogP contribution in [0.25, 0.3) is 0 Å². The molecule has 0 saturated heterocycles. The van der Waals surface area contributed by atoms with E-state index in [0.717, 1.165) is 25.9 Å². The lowest BCUT2D eigenvalue weighted by atomic mass is 10.0. The zero-order valence-corrected chi connectivity index (χ0v) is 10.1. The standard InChI is InChI=1S/C11H26N2O/c1-5-7-13(8-6-10(2)14)11(3,4)9-12/h10,14H,5-9,12H2,1-4H3. The third-order valence-corrected chi connectivity index (χ3v) is 2.67. The highest BCUT2D eigenvalue weighted by atomic mass is 16.3. The van der Waals surface area contributed by atoms with Crippen molar-refractivity contribution in [1.82, 2.24) is 4.90 Å². The summed E-state index contributed by atoms with van der Waals surface area (Å²) >= 11 is 0. The summed E-state index contributed by atoms with van der Waals surface area (Å²) in [6, 6.07) is 0. The van der Waals surface area contributed by atoms with Crippen molar-refractivity contribution < 1.29 is 5.11 Å². The predicted molar refractivity (Wildman–Crippen MR) is 61.3 cm³/mol. The topological polar surface area (TPSA) is 49.5 Å². The third kappa shape index (κ3) is 4.94. The Hall–Kier alpha value is -0.120. The van der Waals surface area contributed by atoms with Gasteiger partial charge in [0.25, 0.3) is 0 Å². The fourth-order valence-corrected chi connectivity index (χ4v) is 1.46. The number of aliphatic hydroxyl groups excluding tert-OH is 1. The summed E-state index contributed by atoms with van der Waals surface area (Å²) in [5.41, 5.74) is 5.79. The van der Waals surface area contributed by atoms with E-state index in [0.29, 0.717) is 6.54 Å². The Morgan fingerprint density at radius 1 is 1.36 bits per heavy atom. The van der Waals surface area contributed by atoms with Gasteiger partial charge in [0, 0.05) is 18.6 Å². The van der Waals surface area contributed by atoms with E-state index < -0.39 is 0 Å². The molecule has 0 aromatic heterocycles. The maximum Gasteiger partial charge on any atom is 0.0524 e. The van der Waals surface area contributed by atoms with Crippen molar-refractivity contribution in [2.45, 2.75) is 52.2 Å². The number of hydrogen-bond acceptors (Lipinski definition) is 3. The van der Waals surface area contributed by atoms with Crippen molar-refractivity contribution in [3.63, 3.8) is 0 Å². The Morgan fingerprint density at radius 3 is 2.29 bits per heavy atom. The van der Waals surface area contributed by atoms with E-state index >= 15 is 0 Å². The Labute approximate surface area is 88.3 Å². The maximum absolute atomic E-state index is 9.25. The van der Waals surface area contributed by atoms with Crippen molar-refractivity contribution in [2.24, 2.45) is 5.73 Å². The largest absolute Gasteiger partial charge is 0.393 e. The van der Waals surface area contributed by atoms with Gasteiger partial charge in [-0.05, 0) is 40.2 Å². The molecule has 1 atom stereocenters. The summed E-state index contributed by atoms with van der Waals surface area (Å²) in [6.07, 6.45) is 1.73. The zero-order valence-electron chi connectivity index (χ0n) is 10.1. The molecule has 0 saturated carbocycles. The fraction of sp³-hybridized carbons (Fsp3) is 1.00. The second-order valence-electron chi connectivity index (χ2n) is 4.64. The van der Waals surface area contributed by atoms with Gasteiger partial charge < -0.3 is 10.8 Å². The molecule has 0 aliphatic carbocycles. The van der Waals surface area contributed by atoms with Crippen molar-refractivity contribution in [3.05, 3.63) is 0 Å². The maximum atomic E-state index is 9.25. The smallest absolute Gasteiger partial charge is 0.0524 e. The average molecular weight is 202 g/mol. The van der Waals surface area contributed by atoms with Gasteiger partial charge in [-0.2, -0.15) is 0 Å². The van der Waals surface area contributed by atoms with Gasteiger partial charge in [-0.1, -0.05) is 6.92 Å². The van der Waals surface area contributed by atoms with Gasteiger partial charge in [0.05, 0.1) is 6.10 Å². The third-order valence-electron chi connectivity index (χ3n) is 2.67. The van der Waals surface area contributed by atoms with Crippen LogP contribution in [0.4, 0.5) is 0 Å². The van der Waals surface area contributed by atoms with Crippen LogP contribution in [0.15, 0.2) is 0 Å². The molecule has 86 valence electrons. The van der Waals surface area contributed by atoms with E-state index in [1.54, 1.807) is 0 Å². The van der Waals surface area contributed by atoms with E-state index in [-0.39, 0.29) is 11.6 Å². The van der Waals surface area contributed by atoms with Gasteiger partial charge >= 0.3 is 0 Å². The highest BCUT2D eigenvalue weighted by Gasteiger charge is 2.24. The molecule has 0 aliphatic rings. The van der Waals surface area contributed by atoms with Crippen LogP contribution in [0, 0.1) is 0 Å². The molecule has 1 unspecified atom stereocenters. The molecule has 14 heavy (non-hydrogen) atoms. The Bertz CT molecular complexity index is 146. The quantitative estimate of drug-likeness (QED) is 0.652. The minimum absolute atomic E-state index is 0.0465. The number of aliphatic hydroxyl groups is 1. The number of rotatable bonds is 7. The number of nitrogens with two attached hydrogens (primary N) is 1. The Kier molecular flexibility index (Phi) is 6.33. The molecule has 0 aliphatic heterocycles. The highest BCUT2D eigenvalue weighted by molar-refractivity contribution is 4.82. The molecule has 0 bridgehead atoms. The monoisotopic (exact) mass is 202 g/mol. The zero-order chi connectivity index (χ0) is 11.2. The van der Waals surface area contributed by atoms with Gasteiger partial charge in [-0.3, -0.25) is 4.90 Å². The molecular formula is C11H26N2O.